The number of hydrogen-bond donors (Lipinski definition) is 6. The zero-order valence-electron chi connectivity index (χ0n) is 33.8. The van der Waals surface area contributed by atoms with Gasteiger partial charge >= 0.3 is 12.1 Å². The molecule has 0 unspecified atom stereocenters. The molecule has 8 rings (SSSR count). The van der Waals surface area contributed by atoms with Crippen molar-refractivity contribution in [2.45, 2.75) is 32.0 Å². The van der Waals surface area contributed by atoms with Crippen molar-refractivity contribution < 1.29 is 46.7 Å². The number of halogens is 4. The second-order valence-corrected chi connectivity index (χ2v) is 16.8. The number of quaternary nitrogens is 1. The first-order valence-corrected chi connectivity index (χ1v) is 20.7. The number of carboxylic acid groups (broad SMARTS) is 1. The van der Waals surface area contributed by atoms with Gasteiger partial charge in [0.05, 0.1) is 47.1 Å². The minimum Gasteiger partial charge on any atom is -0.477 e. The normalized spacial score (nSPS) is 19.5. The number of piperazine rings is 1. The number of likely N-dealkylation sites (tertiary alicyclic amines) is 1. The summed E-state index contributed by atoms with van der Waals surface area (Å²) in [6, 6.07) is 5.81. The van der Waals surface area contributed by atoms with Crippen molar-refractivity contribution in [3.8, 4) is 11.4 Å². The van der Waals surface area contributed by atoms with Crippen LogP contribution < -0.4 is 16.4 Å². The van der Waals surface area contributed by atoms with Gasteiger partial charge < -0.3 is 40.7 Å². The highest BCUT2D eigenvalue weighted by atomic mass is 35.5. The molecule has 0 atom stereocenters. The van der Waals surface area contributed by atoms with E-state index in [0.717, 1.165) is 19.6 Å². The maximum Gasteiger partial charge on any atom is 0.435 e. The van der Waals surface area contributed by atoms with E-state index in [2.05, 4.69) is 40.9 Å². The number of H-pyrrole nitrogens is 2. The van der Waals surface area contributed by atoms with Crippen molar-refractivity contribution in [2.75, 3.05) is 70.8 Å². The maximum absolute atomic E-state index is 14.1. The van der Waals surface area contributed by atoms with Gasteiger partial charge in [-0.25, -0.2) is 9.78 Å². The second kappa shape index (κ2) is 17.4. The molecule has 0 saturated carbocycles. The molecule has 5 aromatic rings. The Hall–Kier alpha value is -6.39. The zero-order valence-corrected chi connectivity index (χ0v) is 34.5. The lowest BCUT2D eigenvalue weighted by Gasteiger charge is -2.46. The lowest BCUT2D eigenvalue weighted by atomic mass is 9.90. The van der Waals surface area contributed by atoms with Gasteiger partial charge in [0.25, 0.3) is 11.8 Å². The minimum atomic E-state index is -4.83. The van der Waals surface area contributed by atoms with Gasteiger partial charge in [0.15, 0.2) is 18.1 Å². The van der Waals surface area contributed by atoms with Gasteiger partial charge in [0, 0.05) is 111 Å². The molecule has 3 fully saturated rings. The average Bonchev–Trinajstić information content (AvgIpc) is 3.97. The zero-order chi connectivity index (χ0) is 44.6. The lowest BCUT2D eigenvalue weighted by Crippen LogP contribution is -2.62. The highest BCUT2D eigenvalue weighted by Crippen LogP contribution is 2.36. The van der Waals surface area contributed by atoms with E-state index in [1.54, 1.807) is 9.80 Å². The van der Waals surface area contributed by atoms with Crippen LogP contribution >= 0.6 is 11.6 Å². The Morgan fingerprint density at radius 1 is 1.00 bits per heavy atom. The van der Waals surface area contributed by atoms with Crippen LogP contribution in [0.5, 0.6) is 0 Å². The first-order valence-electron chi connectivity index (χ1n) is 20.3. The van der Waals surface area contributed by atoms with E-state index in [0.29, 0.717) is 73.4 Å². The molecule has 0 aliphatic carbocycles. The standard InChI is InChI=1S/C40H43ClF3N13O6/c41-29-12-25(1-2-27(29)39(63)55-7-5-54(6-8-55)38(62)23-3-9-57(10-4-23,21-33(59)60)20-22-14-46-15-22)50-37(61)36-48-17-26(49-36)11-28-34(51-52-35(28)40(42,43)44)31-13-30-24(16-47-31)18-56(53-30)19-32(45)58/h1-2,12-13,16-18,22-23,46H,3-11,14-15,19-21H2,(H5-,45,48,49,50,51,52,53,58,59,60,61,63)/p+1. The fraction of sp³-hybridized carbons (Fsp3) is 0.425. The number of piperidine rings is 1. The van der Waals surface area contributed by atoms with Crippen LogP contribution in [0.1, 0.15) is 50.8 Å². The number of primary amides is 1. The molecule has 4 aromatic heterocycles. The van der Waals surface area contributed by atoms with Crippen LogP contribution in [0.25, 0.3) is 22.3 Å². The van der Waals surface area contributed by atoms with Crippen molar-refractivity contribution in [3.63, 3.8) is 0 Å². The Labute approximate surface area is 361 Å². The van der Waals surface area contributed by atoms with E-state index in [9.17, 15) is 42.3 Å². The fourth-order valence-corrected chi connectivity index (χ4v) is 8.94. The van der Waals surface area contributed by atoms with Crippen molar-refractivity contribution in [1.29, 1.82) is 0 Å². The number of pyridine rings is 1. The van der Waals surface area contributed by atoms with Crippen molar-refractivity contribution in [2.24, 2.45) is 17.6 Å². The summed E-state index contributed by atoms with van der Waals surface area (Å²) in [5.41, 5.74) is 4.82. The quantitative estimate of drug-likeness (QED) is 0.0937. The third-order valence-corrected chi connectivity index (χ3v) is 12.2. The number of nitrogens with one attached hydrogen (secondary N) is 4. The van der Waals surface area contributed by atoms with Crippen LogP contribution in [-0.2, 0) is 33.5 Å². The summed E-state index contributed by atoms with van der Waals surface area (Å²) in [5.74, 6) is -2.44. The SMILES string of the molecule is NC(=O)Cn1cc2cnc(-c3[nH]nc(C(F)(F)F)c3Cc3cnc(C(=O)Nc4ccc(C(=O)N5CCN(C(=O)C6CC[N+](CC(=O)O)(CC7CNC7)CC6)CC5)c(Cl)c4)[nH]3)cc2n1. The number of nitrogens with zero attached hydrogens (tertiary/aromatic N) is 8. The molecule has 0 bridgehead atoms. The molecule has 7 N–H and O–H groups in total. The number of benzene rings is 1. The van der Waals surface area contributed by atoms with Gasteiger partial charge in [-0.3, -0.25) is 33.9 Å². The van der Waals surface area contributed by atoms with Gasteiger partial charge in [0.1, 0.15) is 6.54 Å². The molecule has 0 spiro atoms. The first-order chi connectivity index (χ1) is 30.0. The molecule has 3 aliphatic rings. The molecule has 19 nitrogen and oxygen atoms in total. The summed E-state index contributed by atoms with van der Waals surface area (Å²) in [7, 11) is 0. The second-order valence-electron chi connectivity index (χ2n) is 16.4. The van der Waals surface area contributed by atoms with E-state index in [-0.39, 0.29) is 82.0 Å². The van der Waals surface area contributed by atoms with E-state index in [1.807, 2.05) is 0 Å². The molecule has 63 heavy (non-hydrogen) atoms. The van der Waals surface area contributed by atoms with Crippen LogP contribution in [0, 0.1) is 11.8 Å². The van der Waals surface area contributed by atoms with Crippen LogP contribution in [0.3, 0.4) is 0 Å². The van der Waals surface area contributed by atoms with Crippen molar-refractivity contribution >= 4 is 57.8 Å². The summed E-state index contributed by atoms with van der Waals surface area (Å²) >= 11 is 6.55. The predicted octanol–water partition coefficient (Wildman–Crippen LogP) is 2.36. The molecular formula is C40H44ClF3N13O6+. The van der Waals surface area contributed by atoms with Gasteiger partial charge in [-0.15, -0.1) is 0 Å². The summed E-state index contributed by atoms with van der Waals surface area (Å²) < 4.78 is 44.2. The van der Waals surface area contributed by atoms with Gasteiger partial charge in [0.2, 0.25) is 11.8 Å². The summed E-state index contributed by atoms with van der Waals surface area (Å²) in [5, 5.41) is 26.3. The number of carbonyl (C=O) groups is 5. The number of carboxylic acids is 1. The Kier molecular flexibility index (Phi) is 12.0. The number of rotatable bonds is 13. The van der Waals surface area contributed by atoms with E-state index < -0.39 is 29.7 Å². The highest BCUT2D eigenvalue weighted by Gasteiger charge is 2.42. The molecule has 3 aliphatic heterocycles. The summed E-state index contributed by atoms with van der Waals surface area (Å²) in [6.07, 6.45) is 0.195. The molecule has 332 valence electrons. The van der Waals surface area contributed by atoms with Crippen molar-refractivity contribution in [3.05, 3.63) is 76.2 Å². The van der Waals surface area contributed by atoms with Crippen LogP contribution in [0.4, 0.5) is 18.9 Å². The first kappa shape index (κ1) is 43.3. The number of aromatic amines is 2. The van der Waals surface area contributed by atoms with Crippen LogP contribution in [-0.4, -0.2) is 149 Å². The smallest absolute Gasteiger partial charge is 0.435 e. The molecule has 1 aromatic carbocycles. The number of fused-ring (bicyclic) bond motifs is 1. The molecule has 7 heterocycles. The molecule has 0 radical (unpaired) electrons. The number of aliphatic carboxylic acids is 1. The lowest BCUT2D eigenvalue weighted by molar-refractivity contribution is -0.929. The summed E-state index contributed by atoms with van der Waals surface area (Å²) in [4.78, 5) is 77.8. The molecular weight excluding hydrogens is 851 g/mol. The van der Waals surface area contributed by atoms with Gasteiger partial charge in [-0.1, -0.05) is 11.6 Å². The minimum absolute atomic E-state index is 0.0272. The number of amides is 4. The van der Waals surface area contributed by atoms with Crippen LogP contribution in [0.2, 0.25) is 5.02 Å². The van der Waals surface area contributed by atoms with Gasteiger partial charge in [-0.2, -0.15) is 23.4 Å². The predicted molar refractivity (Wildman–Crippen MR) is 219 cm³/mol. The maximum atomic E-state index is 14.1. The van der Waals surface area contributed by atoms with Crippen molar-refractivity contribution in [1.82, 2.24) is 50.0 Å². The fourth-order valence-electron chi connectivity index (χ4n) is 8.68. The number of carbonyl (C=O) groups excluding carboxylic acids is 4. The monoisotopic (exact) mass is 894 g/mol. The Balaban J connectivity index is 0.866. The number of nitrogens with two attached hydrogens (primary N) is 1. The van der Waals surface area contributed by atoms with Gasteiger partial charge in [-0.05, 0) is 24.3 Å². The summed E-state index contributed by atoms with van der Waals surface area (Å²) in [6.45, 7) is 4.99. The third-order valence-electron chi connectivity index (χ3n) is 11.9. The number of anilines is 1. The van der Waals surface area contributed by atoms with E-state index in [4.69, 9.17) is 17.3 Å². The highest BCUT2D eigenvalue weighted by molar-refractivity contribution is 6.34. The number of aromatic nitrogens is 7. The number of alkyl halides is 3. The largest absolute Gasteiger partial charge is 0.477 e. The third kappa shape index (κ3) is 9.51. The molecule has 4 amide bonds. The number of hydrogen-bond acceptors (Lipinski definition) is 10. The number of imidazole rings is 1. The Bertz CT molecular complexity index is 2570. The topological polar surface area (TPSA) is 250 Å². The molecule has 23 heteroatoms. The Morgan fingerprint density at radius 2 is 1.73 bits per heavy atom. The van der Waals surface area contributed by atoms with E-state index >= 15 is 0 Å². The van der Waals surface area contributed by atoms with E-state index in [1.165, 1.54) is 47.5 Å². The molecule has 3 saturated heterocycles. The van der Waals surface area contributed by atoms with Crippen LogP contribution in [0.15, 0.2) is 42.9 Å². The average molecular weight is 895 g/mol. The Morgan fingerprint density at radius 3 is 2.38 bits per heavy atom.